The Hall–Kier alpha value is -2.86. The first-order valence-corrected chi connectivity index (χ1v) is 9.26. The molecule has 0 spiro atoms. The number of anilines is 1. The Balaban J connectivity index is 1.34. The summed E-state index contributed by atoms with van der Waals surface area (Å²) in [5.74, 6) is 1.31. The number of fused-ring (bicyclic) bond motifs is 1. The van der Waals surface area contributed by atoms with Gasteiger partial charge in [0, 0.05) is 29.1 Å². The van der Waals surface area contributed by atoms with E-state index in [1.54, 1.807) is 23.5 Å². The molecule has 6 heteroatoms. The van der Waals surface area contributed by atoms with Crippen molar-refractivity contribution in [3.63, 3.8) is 0 Å². The number of carbonyl (C=O) groups is 1. The van der Waals surface area contributed by atoms with Crippen LogP contribution < -0.4 is 14.8 Å². The topological polar surface area (TPSA) is 60.5 Å². The molecular weight excluding hydrogens is 348 g/mol. The van der Waals surface area contributed by atoms with Crippen LogP contribution in [0.3, 0.4) is 0 Å². The molecule has 0 bridgehead atoms. The first-order chi connectivity index (χ1) is 12.7. The average molecular weight is 366 g/mol. The lowest BCUT2D eigenvalue weighted by Gasteiger charge is -2.05. The highest BCUT2D eigenvalue weighted by Crippen LogP contribution is 2.34. The van der Waals surface area contributed by atoms with E-state index in [1.807, 2.05) is 11.4 Å². The van der Waals surface area contributed by atoms with Gasteiger partial charge < -0.3 is 14.8 Å². The van der Waals surface area contributed by atoms with Gasteiger partial charge in [-0.3, -0.25) is 4.79 Å². The van der Waals surface area contributed by atoms with Crippen LogP contribution in [-0.4, -0.2) is 17.7 Å². The summed E-state index contributed by atoms with van der Waals surface area (Å²) in [5.41, 5.74) is 3.98. The van der Waals surface area contributed by atoms with Gasteiger partial charge in [-0.15, -0.1) is 11.3 Å². The number of nitrogens with one attached hydrogen (secondary N) is 1. The Morgan fingerprint density at radius 1 is 1.15 bits per heavy atom. The van der Waals surface area contributed by atoms with E-state index in [-0.39, 0.29) is 12.7 Å². The molecule has 1 aromatic heterocycles. The molecule has 0 saturated carbocycles. The smallest absolute Gasteiger partial charge is 0.231 e. The fourth-order valence-corrected chi connectivity index (χ4v) is 3.55. The van der Waals surface area contributed by atoms with Crippen molar-refractivity contribution in [2.24, 2.45) is 0 Å². The molecular formula is C20H18N2O3S. The minimum absolute atomic E-state index is 0.0475. The van der Waals surface area contributed by atoms with Gasteiger partial charge >= 0.3 is 0 Å². The largest absolute Gasteiger partial charge is 0.454 e. The van der Waals surface area contributed by atoms with Gasteiger partial charge in [0.15, 0.2) is 11.5 Å². The summed E-state index contributed by atoms with van der Waals surface area (Å²) in [4.78, 5) is 16.8. The molecule has 1 aliphatic heterocycles. The van der Waals surface area contributed by atoms with Crippen molar-refractivity contribution in [3.8, 4) is 22.1 Å². The van der Waals surface area contributed by atoms with E-state index in [9.17, 15) is 4.79 Å². The highest BCUT2D eigenvalue weighted by molar-refractivity contribution is 7.13. The Morgan fingerprint density at radius 3 is 2.81 bits per heavy atom. The first-order valence-electron chi connectivity index (χ1n) is 8.38. The van der Waals surface area contributed by atoms with Crippen LogP contribution in [-0.2, 0) is 11.2 Å². The van der Waals surface area contributed by atoms with Gasteiger partial charge in [0.25, 0.3) is 0 Å². The van der Waals surface area contributed by atoms with Crippen molar-refractivity contribution in [1.29, 1.82) is 0 Å². The molecule has 0 atom stereocenters. The second-order valence-corrected chi connectivity index (χ2v) is 6.98. The van der Waals surface area contributed by atoms with Gasteiger partial charge in [-0.1, -0.05) is 29.8 Å². The molecule has 0 saturated heterocycles. The molecule has 0 unspecified atom stereocenters. The maximum atomic E-state index is 12.2. The fourth-order valence-electron chi connectivity index (χ4n) is 2.69. The second-order valence-electron chi connectivity index (χ2n) is 6.13. The van der Waals surface area contributed by atoms with Crippen LogP contribution in [0.25, 0.3) is 10.6 Å². The summed E-state index contributed by atoms with van der Waals surface area (Å²) < 4.78 is 10.6. The predicted molar refractivity (Wildman–Crippen MR) is 102 cm³/mol. The van der Waals surface area contributed by atoms with E-state index in [0.29, 0.717) is 30.0 Å². The van der Waals surface area contributed by atoms with Crippen LogP contribution >= 0.6 is 11.3 Å². The predicted octanol–water partition coefficient (Wildman–Crippen LogP) is 4.42. The quantitative estimate of drug-likeness (QED) is 0.726. The SMILES string of the molecule is Cc1ccc(-c2nc(CCC(=O)Nc3ccc4c(c3)OCO4)cs2)cc1. The van der Waals surface area contributed by atoms with Crippen LogP contribution in [0, 0.1) is 6.92 Å². The van der Waals surface area contributed by atoms with E-state index >= 15 is 0 Å². The van der Waals surface area contributed by atoms with Crippen molar-refractivity contribution in [2.75, 3.05) is 12.1 Å². The minimum Gasteiger partial charge on any atom is -0.454 e. The number of rotatable bonds is 5. The van der Waals surface area contributed by atoms with E-state index in [0.717, 1.165) is 16.3 Å². The Labute approximate surface area is 155 Å². The monoisotopic (exact) mass is 366 g/mol. The van der Waals surface area contributed by atoms with Gasteiger partial charge in [-0.05, 0) is 25.5 Å². The van der Waals surface area contributed by atoms with E-state index in [1.165, 1.54) is 5.56 Å². The number of hydrogen-bond donors (Lipinski definition) is 1. The van der Waals surface area contributed by atoms with Gasteiger partial charge in [0.1, 0.15) is 5.01 Å². The van der Waals surface area contributed by atoms with Crippen molar-refractivity contribution < 1.29 is 14.3 Å². The Kier molecular flexibility index (Phi) is 4.58. The highest BCUT2D eigenvalue weighted by atomic mass is 32.1. The van der Waals surface area contributed by atoms with Gasteiger partial charge in [-0.25, -0.2) is 4.98 Å². The Bertz CT molecular complexity index is 934. The zero-order valence-corrected chi connectivity index (χ0v) is 15.1. The summed E-state index contributed by atoms with van der Waals surface area (Å²) in [7, 11) is 0. The molecule has 4 rings (SSSR count). The lowest BCUT2D eigenvalue weighted by Crippen LogP contribution is -2.12. The first kappa shape index (κ1) is 16.6. The number of amides is 1. The third-order valence-corrected chi connectivity index (χ3v) is 5.05. The standard InChI is InChI=1S/C20H18N2O3S/c1-13-2-4-14(5-3-13)20-22-16(11-26-20)7-9-19(23)21-15-6-8-17-18(10-15)25-12-24-17/h2-6,8,10-11H,7,9,12H2,1H3,(H,21,23). The van der Waals surface area contributed by atoms with E-state index < -0.39 is 0 Å². The van der Waals surface area contributed by atoms with Crippen molar-refractivity contribution in [3.05, 3.63) is 59.1 Å². The summed E-state index contributed by atoms with van der Waals surface area (Å²) in [5, 5.41) is 5.89. The van der Waals surface area contributed by atoms with Crippen molar-refractivity contribution in [1.82, 2.24) is 4.98 Å². The van der Waals surface area contributed by atoms with Crippen LogP contribution in [0.15, 0.2) is 47.8 Å². The molecule has 1 amide bonds. The zero-order valence-electron chi connectivity index (χ0n) is 14.3. The summed E-state index contributed by atoms with van der Waals surface area (Å²) >= 11 is 1.60. The minimum atomic E-state index is -0.0475. The Morgan fingerprint density at radius 2 is 1.96 bits per heavy atom. The average Bonchev–Trinajstić information content (AvgIpc) is 3.29. The molecule has 5 nitrogen and oxygen atoms in total. The molecule has 26 heavy (non-hydrogen) atoms. The number of carbonyl (C=O) groups excluding carboxylic acids is 1. The lowest BCUT2D eigenvalue weighted by atomic mass is 10.1. The molecule has 0 aliphatic carbocycles. The van der Waals surface area contributed by atoms with E-state index in [4.69, 9.17) is 9.47 Å². The molecule has 0 fully saturated rings. The number of aryl methyl sites for hydroxylation is 2. The van der Waals surface area contributed by atoms with Crippen molar-refractivity contribution in [2.45, 2.75) is 19.8 Å². The molecule has 2 aromatic carbocycles. The van der Waals surface area contributed by atoms with Gasteiger partial charge in [0.05, 0.1) is 5.69 Å². The molecule has 132 valence electrons. The van der Waals surface area contributed by atoms with Gasteiger partial charge in [0.2, 0.25) is 12.7 Å². The number of nitrogens with zero attached hydrogens (tertiary/aromatic N) is 1. The molecule has 1 aliphatic rings. The second kappa shape index (κ2) is 7.17. The molecule has 1 N–H and O–H groups in total. The third kappa shape index (κ3) is 3.70. The molecule has 3 aromatic rings. The van der Waals surface area contributed by atoms with E-state index in [2.05, 4.69) is 41.5 Å². The normalized spacial score (nSPS) is 12.2. The van der Waals surface area contributed by atoms with Crippen LogP contribution in [0.4, 0.5) is 5.69 Å². The van der Waals surface area contributed by atoms with Crippen LogP contribution in [0.2, 0.25) is 0 Å². The summed E-state index contributed by atoms with van der Waals surface area (Å²) in [6.45, 7) is 2.29. The van der Waals surface area contributed by atoms with Gasteiger partial charge in [-0.2, -0.15) is 0 Å². The van der Waals surface area contributed by atoms with Crippen LogP contribution in [0.1, 0.15) is 17.7 Å². The lowest BCUT2D eigenvalue weighted by molar-refractivity contribution is -0.116. The highest BCUT2D eigenvalue weighted by Gasteiger charge is 2.14. The zero-order chi connectivity index (χ0) is 17.9. The summed E-state index contributed by atoms with van der Waals surface area (Å²) in [6, 6.07) is 13.7. The maximum absolute atomic E-state index is 12.2. The number of benzene rings is 2. The summed E-state index contributed by atoms with van der Waals surface area (Å²) in [6.07, 6.45) is 0.990. The number of aromatic nitrogens is 1. The van der Waals surface area contributed by atoms with Crippen molar-refractivity contribution >= 4 is 22.9 Å². The fraction of sp³-hybridized carbons (Fsp3) is 0.200. The third-order valence-electron chi connectivity index (χ3n) is 4.11. The maximum Gasteiger partial charge on any atom is 0.231 e. The molecule has 0 radical (unpaired) electrons. The van der Waals surface area contributed by atoms with Crippen LogP contribution in [0.5, 0.6) is 11.5 Å². The number of ether oxygens (including phenoxy) is 2. The molecule has 2 heterocycles. The number of hydrogen-bond acceptors (Lipinski definition) is 5. The number of thiazole rings is 1.